The van der Waals surface area contributed by atoms with E-state index in [0.29, 0.717) is 37.6 Å². The topological polar surface area (TPSA) is 96.8 Å². The van der Waals surface area contributed by atoms with E-state index in [0.717, 1.165) is 34.4 Å². The van der Waals surface area contributed by atoms with E-state index >= 15 is 0 Å². The summed E-state index contributed by atoms with van der Waals surface area (Å²) in [6, 6.07) is 15.8. The summed E-state index contributed by atoms with van der Waals surface area (Å²) in [4.78, 5) is 15.7. The second kappa shape index (κ2) is 10.9. The first kappa shape index (κ1) is 22.0. The number of halogens is 1. The number of methoxy groups -OCH3 is 1. The van der Waals surface area contributed by atoms with Crippen molar-refractivity contribution in [1.29, 1.82) is 0 Å². The molecule has 1 aliphatic rings. The summed E-state index contributed by atoms with van der Waals surface area (Å²) in [5, 5.41) is 7.57. The lowest BCUT2D eigenvalue weighted by molar-refractivity contribution is 0.122. The second-order valence-electron chi connectivity index (χ2n) is 6.99. The quantitative estimate of drug-likeness (QED) is 0.360. The summed E-state index contributed by atoms with van der Waals surface area (Å²) in [5.74, 6) is 2.19. The minimum absolute atomic E-state index is 0.362. The molecule has 10 heteroatoms. The average molecular weight is 498 g/mol. The molecule has 1 fully saturated rings. The molecular weight excluding hydrogens is 474 g/mol. The van der Waals surface area contributed by atoms with Gasteiger partial charge in [-0.15, -0.1) is 0 Å². The number of benzene rings is 2. The molecule has 3 aromatic rings. The molecular formula is C22H24BrN7O2. The van der Waals surface area contributed by atoms with Gasteiger partial charge in [-0.2, -0.15) is 20.1 Å². The fourth-order valence-corrected chi connectivity index (χ4v) is 3.66. The molecule has 0 saturated carbocycles. The Bertz CT molecular complexity index is 1060. The highest BCUT2D eigenvalue weighted by Gasteiger charge is 2.16. The summed E-state index contributed by atoms with van der Waals surface area (Å²) in [7, 11) is 1.63. The number of anilines is 3. The molecule has 1 aliphatic heterocycles. The van der Waals surface area contributed by atoms with Crippen LogP contribution in [0.4, 0.5) is 17.8 Å². The highest BCUT2D eigenvalue weighted by Crippen LogP contribution is 2.25. The van der Waals surface area contributed by atoms with Crippen LogP contribution in [0.5, 0.6) is 5.75 Å². The first-order valence-electron chi connectivity index (χ1n) is 10.2. The second-order valence-corrected chi connectivity index (χ2v) is 7.84. The van der Waals surface area contributed by atoms with Crippen molar-refractivity contribution < 1.29 is 9.47 Å². The summed E-state index contributed by atoms with van der Waals surface area (Å²) >= 11 is 3.48. The van der Waals surface area contributed by atoms with E-state index in [2.05, 4.69) is 51.6 Å². The third-order valence-electron chi connectivity index (χ3n) is 4.77. The standard InChI is InChI=1S/C22H24BrN7O2/c1-31-19-8-7-17(13-18(19)23)15-25-29-21-26-20(24-14-16-5-3-2-4-6-16)27-22(28-21)30-9-11-32-12-10-30/h2-8,13,15H,9-12,14H2,1H3,(H2,24,26,27,28,29)/b25-15-. The molecule has 0 spiro atoms. The van der Waals surface area contributed by atoms with Gasteiger partial charge in [-0.25, -0.2) is 5.43 Å². The molecule has 0 unspecified atom stereocenters. The minimum atomic E-state index is 0.362. The Hall–Kier alpha value is -3.24. The molecule has 4 rings (SSSR count). The van der Waals surface area contributed by atoms with Gasteiger partial charge in [0, 0.05) is 19.6 Å². The molecule has 0 bridgehead atoms. The minimum Gasteiger partial charge on any atom is -0.496 e. The van der Waals surface area contributed by atoms with Crippen molar-refractivity contribution in [3.8, 4) is 5.75 Å². The summed E-state index contributed by atoms with van der Waals surface area (Å²) in [5.41, 5.74) is 4.96. The Labute approximate surface area is 195 Å². The van der Waals surface area contributed by atoms with Crippen LogP contribution in [0.15, 0.2) is 58.1 Å². The molecule has 0 radical (unpaired) electrons. The number of morpholine rings is 1. The van der Waals surface area contributed by atoms with Gasteiger partial charge in [-0.05, 0) is 45.3 Å². The van der Waals surface area contributed by atoms with Gasteiger partial charge in [0.25, 0.3) is 0 Å². The van der Waals surface area contributed by atoms with E-state index < -0.39 is 0 Å². The number of rotatable bonds is 8. The van der Waals surface area contributed by atoms with Crippen LogP contribution in [-0.4, -0.2) is 54.6 Å². The average Bonchev–Trinajstić information content (AvgIpc) is 2.84. The van der Waals surface area contributed by atoms with Crippen LogP contribution < -0.4 is 20.4 Å². The zero-order valence-corrected chi connectivity index (χ0v) is 19.2. The van der Waals surface area contributed by atoms with E-state index in [1.54, 1.807) is 13.3 Å². The smallest absolute Gasteiger partial charge is 0.250 e. The third-order valence-corrected chi connectivity index (χ3v) is 5.38. The SMILES string of the molecule is COc1ccc(/C=N\Nc2nc(NCc3ccccc3)nc(N3CCOCC3)n2)cc1Br. The Balaban J connectivity index is 1.50. The van der Waals surface area contributed by atoms with Crippen molar-refractivity contribution in [2.75, 3.05) is 49.1 Å². The van der Waals surface area contributed by atoms with E-state index in [1.165, 1.54) is 0 Å². The van der Waals surface area contributed by atoms with Crippen molar-refractivity contribution in [3.05, 3.63) is 64.1 Å². The van der Waals surface area contributed by atoms with Gasteiger partial charge in [0.15, 0.2) is 0 Å². The number of ether oxygens (including phenoxy) is 2. The van der Waals surface area contributed by atoms with Crippen LogP contribution in [-0.2, 0) is 11.3 Å². The largest absolute Gasteiger partial charge is 0.496 e. The maximum absolute atomic E-state index is 5.45. The predicted molar refractivity (Wildman–Crippen MR) is 129 cm³/mol. The lowest BCUT2D eigenvalue weighted by Crippen LogP contribution is -2.37. The Morgan fingerprint density at radius 1 is 1.09 bits per heavy atom. The maximum atomic E-state index is 5.45. The highest BCUT2D eigenvalue weighted by molar-refractivity contribution is 9.10. The molecule has 2 aromatic carbocycles. The van der Waals surface area contributed by atoms with Gasteiger partial charge < -0.3 is 19.7 Å². The third kappa shape index (κ3) is 5.92. The molecule has 0 atom stereocenters. The zero-order valence-electron chi connectivity index (χ0n) is 17.7. The molecule has 1 saturated heterocycles. The molecule has 0 amide bonds. The van der Waals surface area contributed by atoms with Crippen molar-refractivity contribution in [3.63, 3.8) is 0 Å². The first-order valence-corrected chi connectivity index (χ1v) is 11.0. The van der Waals surface area contributed by atoms with Crippen molar-refractivity contribution >= 4 is 40.0 Å². The Kier molecular flexibility index (Phi) is 7.47. The van der Waals surface area contributed by atoms with Crippen LogP contribution in [0.1, 0.15) is 11.1 Å². The molecule has 166 valence electrons. The van der Waals surface area contributed by atoms with Gasteiger partial charge in [0.2, 0.25) is 17.8 Å². The monoisotopic (exact) mass is 497 g/mol. The molecule has 9 nitrogen and oxygen atoms in total. The maximum Gasteiger partial charge on any atom is 0.250 e. The van der Waals surface area contributed by atoms with Gasteiger partial charge in [0.05, 0.1) is 31.0 Å². The van der Waals surface area contributed by atoms with Crippen LogP contribution in [0.3, 0.4) is 0 Å². The highest BCUT2D eigenvalue weighted by atomic mass is 79.9. The summed E-state index contributed by atoms with van der Waals surface area (Å²) in [6.07, 6.45) is 1.69. The lowest BCUT2D eigenvalue weighted by atomic mass is 10.2. The number of nitrogens with one attached hydrogen (secondary N) is 2. The summed E-state index contributed by atoms with van der Waals surface area (Å²) < 4.78 is 11.6. The van der Waals surface area contributed by atoms with Crippen molar-refractivity contribution in [2.24, 2.45) is 5.10 Å². The van der Waals surface area contributed by atoms with Crippen LogP contribution in [0.25, 0.3) is 0 Å². The normalized spacial score (nSPS) is 13.9. The summed E-state index contributed by atoms with van der Waals surface area (Å²) in [6.45, 7) is 3.35. The van der Waals surface area contributed by atoms with E-state index in [4.69, 9.17) is 9.47 Å². The van der Waals surface area contributed by atoms with Gasteiger partial charge in [-0.1, -0.05) is 30.3 Å². The van der Waals surface area contributed by atoms with Crippen molar-refractivity contribution in [2.45, 2.75) is 6.54 Å². The zero-order chi connectivity index (χ0) is 22.2. The van der Waals surface area contributed by atoms with Gasteiger partial charge >= 0.3 is 0 Å². The fraction of sp³-hybridized carbons (Fsp3) is 0.273. The molecule has 0 aliphatic carbocycles. The van der Waals surface area contributed by atoms with E-state index in [9.17, 15) is 0 Å². The molecule has 2 heterocycles. The van der Waals surface area contributed by atoms with Crippen LogP contribution in [0, 0.1) is 0 Å². The first-order chi connectivity index (χ1) is 15.7. The van der Waals surface area contributed by atoms with Crippen molar-refractivity contribution in [1.82, 2.24) is 15.0 Å². The number of hydrazone groups is 1. The Morgan fingerprint density at radius 2 is 1.88 bits per heavy atom. The van der Waals surface area contributed by atoms with Crippen LogP contribution >= 0.6 is 15.9 Å². The predicted octanol–water partition coefficient (Wildman–Crippen LogP) is 3.54. The van der Waals surface area contributed by atoms with E-state index in [1.807, 2.05) is 48.5 Å². The van der Waals surface area contributed by atoms with Gasteiger partial charge in [-0.3, -0.25) is 0 Å². The fourth-order valence-electron chi connectivity index (χ4n) is 3.10. The number of hydrogen-bond donors (Lipinski definition) is 2. The lowest BCUT2D eigenvalue weighted by Gasteiger charge is -2.27. The van der Waals surface area contributed by atoms with E-state index in [-0.39, 0.29) is 0 Å². The molecule has 32 heavy (non-hydrogen) atoms. The van der Waals surface area contributed by atoms with Crippen LogP contribution in [0.2, 0.25) is 0 Å². The molecule has 2 N–H and O–H groups in total. The number of nitrogens with zero attached hydrogens (tertiary/aromatic N) is 5. The number of hydrogen-bond acceptors (Lipinski definition) is 9. The number of aromatic nitrogens is 3. The Morgan fingerprint density at radius 3 is 2.62 bits per heavy atom. The molecule has 1 aromatic heterocycles. The van der Waals surface area contributed by atoms with Gasteiger partial charge in [0.1, 0.15) is 5.75 Å².